The number of carbonyl (C=O) groups is 3. The van der Waals surface area contributed by atoms with Gasteiger partial charge in [0.25, 0.3) is 11.8 Å². The number of anilines is 1. The van der Waals surface area contributed by atoms with Gasteiger partial charge in [-0.1, -0.05) is 0 Å². The summed E-state index contributed by atoms with van der Waals surface area (Å²) in [7, 11) is 1.69. The van der Waals surface area contributed by atoms with Gasteiger partial charge in [-0.15, -0.1) is 0 Å². The highest BCUT2D eigenvalue weighted by molar-refractivity contribution is 6.05. The zero-order valence-electron chi connectivity index (χ0n) is 21.9. The number of hydrogen-bond donors (Lipinski definition) is 3. The minimum absolute atomic E-state index is 0.0282. The molecule has 3 heterocycles. The molecule has 0 aliphatic carbocycles. The number of alkyl halides is 3. The molecular weight excluding hydrogens is 529 g/mol. The van der Waals surface area contributed by atoms with E-state index in [-0.39, 0.29) is 53.8 Å². The molecule has 2 saturated heterocycles. The Labute approximate surface area is 229 Å². The highest BCUT2D eigenvalue weighted by Crippen LogP contribution is 2.32. The normalized spacial score (nSPS) is 24.7. The lowest BCUT2D eigenvalue weighted by Crippen LogP contribution is -2.55. The Kier molecular flexibility index (Phi) is 7.99. The molecule has 3 amide bonds. The molecule has 9 nitrogen and oxygen atoms in total. The molecule has 2 aromatic rings. The van der Waals surface area contributed by atoms with Gasteiger partial charge in [-0.2, -0.15) is 13.2 Å². The smallest absolute Gasteiger partial charge is 0.416 e. The van der Waals surface area contributed by atoms with E-state index in [2.05, 4.69) is 16.0 Å². The fourth-order valence-corrected chi connectivity index (χ4v) is 5.37. The Morgan fingerprint density at radius 3 is 2.58 bits per heavy atom. The van der Waals surface area contributed by atoms with Gasteiger partial charge in [-0.05, 0) is 74.7 Å². The Balaban J connectivity index is 1.23. The third-order valence-electron chi connectivity index (χ3n) is 7.62. The number of likely N-dealkylation sites (N-methyl/N-ethyl adjacent to an activating group) is 1. The number of amides is 3. The monoisotopic (exact) mass is 560 g/mol. The molecule has 0 radical (unpaired) electrons. The van der Waals surface area contributed by atoms with E-state index in [1.807, 2.05) is 0 Å². The molecule has 2 aromatic carbocycles. The van der Waals surface area contributed by atoms with Crippen LogP contribution in [-0.4, -0.2) is 73.7 Å². The van der Waals surface area contributed by atoms with Crippen LogP contribution in [0.15, 0.2) is 42.5 Å². The third kappa shape index (κ3) is 6.07. The number of ether oxygens (including phenoxy) is 2. The van der Waals surface area contributed by atoms with Gasteiger partial charge < -0.3 is 30.3 Å². The molecular formula is C28H31F3N4O5. The Morgan fingerprint density at radius 2 is 1.88 bits per heavy atom. The van der Waals surface area contributed by atoms with Crippen LogP contribution in [0.3, 0.4) is 0 Å². The number of hydrogen-bond acceptors (Lipinski definition) is 6. The molecule has 3 aliphatic rings. The lowest BCUT2D eigenvalue weighted by molar-refractivity contribution is -0.137. The van der Waals surface area contributed by atoms with Gasteiger partial charge in [0.05, 0.1) is 29.3 Å². The molecule has 5 rings (SSSR count). The van der Waals surface area contributed by atoms with Crippen LogP contribution in [0.1, 0.15) is 52.0 Å². The van der Waals surface area contributed by atoms with Crippen molar-refractivity contribution in [1.82, 2.24) is 15.5 Å². The molecule has 12 heteroatoms. The zero-order chi connectivity index (χ0) is 28.4. The second kappa shape index (κ2) is 11.5. The van der Waals surface area contributed by atoms with Crippen molar-refractivity contribution in [1.29, 1.82) is 0 Å². The minimum Gasteiger partial charge on any atom is -0.490 e. The number of benzene rings is 2. The fraction of sp³-hybridized carbons (Fsp3) is 0.464. The maximum atomic E-state index is 13.4. The standard InChI is InChI=1S/C28H31F3N4O5/c1-35-22-10-9-19(14-33-26(37)21-3-2-12-32-21)40-24(22)15-39-23-11-8-18(13-20(23)27(35)38)34-25(36)16-4-6-17(7-5-16)28(29,30)31/h4-8,11,13,19,21-22,24,32H,2-3,9-10,12,14-15H2,1H3,(H,33,37)(H,34,36)/t19-,21+,22-,24-/m0/s1. The third-order valence-corrected chi connectivity index (χ3v) is 7.62. The first kappa shape index (κ1) is 27.9. The lowest BCUT2D eigenvalue weighted by Gasteiger charge is -2.42. The summed E-state index contributed by atoms with van der Waals surface area (Å²) in [5.41, 5.74) is -0.242. The van der Waals surface area contributed by atoms with Crippen LogP contribution < -0.4 is 20.7 Å². The first-order valence-electron chi connectivity index (χ1n) is 13.3. The van der Waals surface area contributed by atoms with Crippen LogP contribution in [0.2, 0.25) is 0 Å². The van der Waals surface area contributed by atoms with Crippen molar-refractivity contribution in [3.8, 4) is 5.75 Å². The quantitative estimate of drug-likeness (QED) is 0.519. The van der Waals surface area contributed by atoms with E-state index < -0.39 is 17.6 Å². The van der Waals surface area contributed by atoms with Crippen molar-refractivity contribution >= 4 is 23.4 Å². The molecule has 0 spiro atoms. The second-order valence-electron chi connectivity index (χ2n) is 10.3. The molecule has 3 aliphatic heterocycles. The predicted octanol–water partition coefficient (Wildman–Crippen LogP) is 3.21. The van der Waals surface area contributed by atoms with E-state index >= 15 is 0 Å². The van der Waals surface area contributed by atoms with Crippen LogP contribution in [0.5, 0.6) is 5.75 Å². The van der Waals surface area contributed by atoms with Gasteiger partial charge in [-0.3, -0.25) is 14.4 Å². The van der Waals surface area contributed by atoms with Crippen LogP contribution >= 0.6 is 0 Å². The fourth-order valence-electron chi connectivity index (χ4n) is 5.37. The largest absolute Gasteiger partial charge is 0.490 e. The van der Waals surface area contributed by atoms with Gasteiger partial charge in [0.1, 0.15) is 18.5 Å². The van der Waals surface area contributed by atoms with Gasteiger partial charge in [0, 0.05) is 24.8 Å². The molecule has 0 aromatic heterocycles. The number of carbonyl (C=O) groups excluding carboxylic acids is 3. The highest BCUT2D eigenvalue weighted by atomic mass is 19.4. The molecule has 4 atom stereocenters. The Bertz CT molecular complexity index is 1260. The number of nitrogens with one attached hydrogen (secondary N) is 3. The van der Waals surface area contributed by atoms with Crippen molar-refractivity contribution in [2.45, 2.75) is 56.2 Å². The van der Waals surface area contributed by atoms with Crippen molar-refractivity contribution in [3.05, 3.63) is 59.2 Å². The topological polar surface area (TPSA) is 109 Å². The summed E-state index contributed by atoms with van der Waals surface area (Å²) >= 11 is 0. The average Bonchev–Trinajstić information content (AvgIpc) is 3.49. The van der Waals surface area contributed by atoms with Gasteiger partial charge >= 0.3 is 6.18 Å². The van der Waals surface area contributed by atoms with Crippen molar-refractivity contribution in [3.63, 3.8) is 0 Å². The number of rotatable bonds is 5. The van der Waals surface area contributed by atoms with Crippen LogP contribution in [0, 0.1) is 0 Å². The average molecular weight is 561 g/mol. The zero-order valence-corrected chi connectivity index (χ0v) is 21.9. The molecule has 214 valence electrons. The van der Waals surface area contributed by atoms with Crippen molar-refractivity contribution in [2.24, 2.45) is 0 Å². The summed E-state index contributed by atoms with van der Waals surface area (Å²) in [4.78, 5) is 40.0. The first-order valence-corrected chi connectivity index (χ1v) is 13.3. The Morgan fingerprint density at radius 1 is 1.10 bits per heavy atom. The number of fused-ring (bicyclic) bond motifs is 2. The Hall–Kier alpha value is -3.64. The number of halogens is 3. The SMILES string of the molecule is CN1C(=O)c2cc(NC(=O)c3ccc(C(F)(F)F)cc3)ccc2OC[C@@H]2O[C@H](CNC(=O)[C@H]3CCCN3)CC[C@@H]21. The predicted molar refractivity (Wildman–Crippen MR) is 139 cm³/mol. The summed E-state index contributed by atoms with van der Waals surface area (Å²) in [5.74, 6) is -0.615. The molecule has 0 unspecified atom stereocenters. The molecule has 0 saturated carbocycles. The van der Waals surface area contributed by atoms with E-state index in [0.29, 0.717) is 30.8 Å². The minimum atomic E-state index is -4.50. The van der Waals surface area contributed by atoms with Gasteiger partial charge in [0.15, 0.2) is 0 Å². The maximum Gasteiger partial charge on any atom is 0.416 e. The lowest BCUT2D eigenvalue weighted by atomic mass is 9.95. The maximum absolute atomic E-state index is 13.4. The highest BCUT2D eigenvalue weighted by Gasteiger charge is 2.39. The van der Waals surface area contributed by atoms with E-state index in [0.717, 1.165) is 43.7 Å². The summed E-state index contributed by atoms with van der Waals surface area (Å²) in [6.45, 7) is 1.42. The van der Waals surface area contributed by atoms with Crippen LogP contribution in [0.25, 0.3) is 0 Å². The second-order valence-corrected chi connectivity index (χ2v) is 10.3. The van der Waals surface area contributed by atoms with E-state index in [9.17, 15) is 27.6 Å². The molecule has 2 fully saturated rings. The summed E-state index contributed by atoms with van der Waals surface area (Å²) < 4.78 is 50.7. The number of nitrogens with zero attached hydrogens (tertiary/aromatic N) is 1. The first-order chi connectivity index (χ1) is 19.1. The molecule has 40 heavy (non-hydrogen) atoms. The van der Waals surface area contributed by atoms with Crippen LogP contribution in [-0.2, 0) is 15.7 Å². The summed E-state index contributed by atoms with van der Waals surface area (Å²) in [6, 6.07) is 8.10. The van der Waals surface area contributed by atoms with Gasteiger partial charge in [-0.25, -0.2) is 0 Å². The van der Waals surface area contributed by atoms with Gasteiger partial charge in [0.2, 0.25) is 5.91 Å². The molecule has 3 N–H and O–H groups in total. The van der Waals surface area contributed by atoms with Crippen LogP contribution in [0.4, 0.5) is 18.9 Å². The van der Waals surface area contributed by atoms with E-state index in [1.165, 1.54) is 6.07 Å². The summed E-state index contributed by atoms with van der Waals surface area (Å²) in [6.07, 6.45) is -1.95. The van der Waals surface area contributed by atoms with E-state index in [4.69, 9.17) is 9.47 Å². The summed E-state index contributed by atoms with van der Waals surface area (Å²) in [5, 5.41) is 8.77. The molecule has 0 bridgehead atoms. The van der Waals surface area contributed by atoms with Crippen molar-refractivity contribution in [2.75, 3.05) is 32.1 Å². The van der Waals surface area contributed by atoms with Crippen molar-refractivity contribution < 1.29 is 37.0 Å². The van der Waals surface area contributed by atoms with E-state index in [1.54, 1.807) is 24.1 Å².